The standard InChI is InChI=1S/C12H11N5/c1-8-10-4-2-3-7-17(10)16-11(8)9-5-6-14-12(13)15-9/h2-7H,1H3,(H2,13,14,15). The van der Waals surface area contributed by atoms with Crippen LogP contribution in [0, 0.1) is 6.92 Å². The van der Waals surface area contributed by atoms with Crippen LogP contribution in [0.2, 0.25) is 0 Å². The van der Waals surface area contributed by atoms with Crippen molar-refractivity contribution in [3.63, 3.8) is 0 Å². The van der Waals surface area contributed by atoms with Gasteiger partial charge in [0.1, 0.15) is 5.69 Å². The van der Waals surface area contributed by atoms with E-state index >= 15 is 0 Å². The highest BCUT2D eigenvalue weighted by Crippen LogP contribution is 2.23. The van der Waals surface area contributed by atoms with E-state index in [9.17, 15) is 0 Å². The van der Waals surface area contributed by atoms with Crippen LogP contribution < -0.4 is 5.73 Å². The number of fused-ring (bicyclic) bond motifs is 1. The lowest BCUT2D eigenvalue weighted by Crippen LogP contribution is -1.96. The van der Waals surface area contributed by atoms with E-state index in [-0.39, 0.29) is 5.95 Å². The van der Waals surface area contributed by atoms with Crippen LogP contribution in [0.1, 0.15) is 5.56 Å². The molecule has 0 bridgehead atoms. The Bertz CT molecular complexity index is 686. The number of aromatic nitrogens is 4. The summed E-state index contributed by atoms with van der Waals surface area (Å²) in [5.41, 5.74) is 9.33. The fraction of sp³-hybridized carbons (Fsp3) is 0.0833. The van der Waals surface area contributed by atoms with E-state index in [4.69, 9.17) is 5.73 Å². The third-order valence-corrected chi connectivity index (χ3v) is 2.70. The lowest BCUT2D eigenvalue weighted by Gasteiger charge is -1.97. The summed E-state index contributed by atoms with van der Waals surface area (Å²) in [6.45, 7) is 2.02. The Morgan fingerprint density at radius 3 is 2.88 bits per heavy atom. The molecule has 3 heterocycles. The minimum atomic E-state index is 0.263. The molecule has 5 heteroatoms. The van der Waals surface area contributed by atoms with Crippen LogP contribution in [0.5, 0.6) is 0 Å². The van der Waals surface area contributed by atoms with Crippen molar-refractivity contribution in [3.8, 4) is 11.4 Å². The van der Waals surface area contributed by atoms with Gasteiger partial charge in [-0.2, -0.15) is 5.10 Å². The predicted molar refractivity (Wildman–Crippen MR) is 65.4 cm³/mol. The molecule has 84 valence electrons. The molecule has 0 aliphatic heterocycles. The van der Waals surface area contributed by atoms with Crippen LogP contribution >= 0.6 is 0 Å². The number of nitrogens with zero attached hydrogens (tertiary/aromatic N) is 4. The van der Waals surface area contributed by atoms with E-state index < -0.39 is 0 Å². The van der Waals surface area contributed by atoms with Crippen molar-refractivity contribution in [2.45, 2.75) is 6.92 Å². The van der Waals surface area contributed by atoms with E-state index in [0.717, 1.165) is 22.5 Å². The molecule has 0 amide bonds. The average molecular weight is 225 g/mol. The number of nitrogen functional groups attached to an aromatic ring is 1. The molecule has 2 N–H and O–H groups in total. The maximum absolute atomic E-state index is 5.58. The maximum atomic E-state index is 5.58. The fourth-order valence-corrected chi connectivity index (χ4v) is 1.87. The second-order valence-electron chi connectivity index (χ2n) is 3.80. The van der Waals surface area contributed by atoms with E-state index in [0.29, 0.717) is 0 Å². The third kappa shape index (κ3) is 1.52. The summed E-state index contributed by atoms with van der Waals surface area (Å²) in [5.74, 6) is 0.263. The SMILES string of the molecule is Cc1c(-c2ccnc(N)n2)nn2ccccc12. The number of anilines is 1. The molecule has 3 aromatic heterocycles. The summed E-state index contributed by atoms with van der Waals surface area (Å²) < 4.78 is 1.84. The van der Waals surface area contributed by atoms with Crippen molar-refractivity contribution in [1.29, 1.82) is 0 Å². The molecule has 0 fully saturated rings. The summed E-state index contributed by atoms with van der Waals surface area (Å²) in [4.78, 5) is 8.07. The Hall–Kier alpha value is -2.43. The van der Waals surface area contributed by atoms with Gasteiger partial charge in [0.25, 0.3) is 0 Å². The van der Waals surface area contributed by atoms with Gasteiger partial charge >= 0.3 is 0 Å². The zero-order valence-electron chi connectivity index (χ0n) is 9.33. The van der Waals surface area contributed by atoms with Crippen molar-refractivity contribution < 1.29 is 0 Å². The van der Waals surface area contributed by atoms with Crippen LogP contribution in [-0.4, -0.2) is 19.6 Å². The number of rotatable bonds is 1. The molecule has 0 aliphatic rings. The maximum Gasteiger partial charge on any atom is 0.220 e. The first-order chi connectivity index (χ1) is 8.25. The lowest BCUT2D eigenvalue weighted by atomic mass is 10.2. The Balaban J connectivity index is 2.27. The number of pyridine rings is 1. The largest absolute Gasteiger partial charge is 0.368 e. The molecule has 17 heavy (non-hydrogen) atoms. The molecule has 0 aliphatic carbocycles. The van der Waals surface area contributed by atoms with Gasteiger partial charge in [-0.15, -0.1) is 0 Å². The molecule has 0 saturated carbocycles. The van der Waals surface area contributed by atoms with Crippen LogP contribution in [0.3, 0.4) is 0 Å². The summed E-state index contributed by atoms with van der Waals surface area (Å²) in [5, 5.41) is 4.49. The molecule has 0 unspecified atom stereocenters. The minimum Gasteiger partial charge on any atom is -0.368 e. The second-order valence-corrected chi connectivity index (χ2v) is 3.80. The second kappa shape index (κ2) is 3.55. The minimum absolute atomic E-state index is 0.263. The van der Waals surface area contributed by atoms with Gasteiger partial charge in [0.2, 0.25) is 5.95 Å². The first-order valence-corrected chi connectivity index (χ1v) is 5.28. The average Bonchev–Trinajstić information content (AvgIpc) is 2.68. The molecule has 3 rings (SSSR count). The Morgan fingerprint density at radius 2 is 2.12 bits per heavy atom. The number of hydrogen-bond donors (Lipinski definition) is 1. The Kier molecular flexibility index (Phi) is 2.04. The van der Waals surface area contributed by atoms with Crippen molar-refractivity contribution in [1.82, 2.24) is 19.6 Å². The zero-order chi connectivity index (χ0) is 11.8. The van der Waals surface area contributed by atoms with Crippen LogP contribution in [0.25, 0.3) is 16.9 Å². The van der Waals surface area contributed by atoms with Crippen molar-refractivity contribution in [2.75, 3.05) is 5.73 Å². The Labute approximate surface area is 97.9 Å². The van der Waals surface area contributed by atoms with Gasteiger partial charge in [-0.25, -0.2) is 14.5 Å². The normalized spacial score (nSPS) is 10.9. The van der Waals surface area contributed by atoms with Crippen LogP contribution in [-0.2, 0) is 0 Å². The van der Waals surface area contributed by atoms with Crippen LogP contribution in [0.15, 0.2) is 36.7 Å². The highest BCUT2D eigenvalue weighted by molar-refractivity contribution is 5.70. The van der Waals surface area contributed by atoms with E-state index in [1.54, 1.807) is 6.20 Å². The van der Waals surface area contributed by atoms with Crippen molar-refractivity contribution in [2.24, 2.45) is 0 Å². The molecule has 0 aromatic carbocycles. The first kappa shape index (κ1) is 9.77. The molecular weight excluding hydrogens is 214 g/mol. The molecular formula is C12H11N5. The fourth-order valence-electron chi connectivity index (χ4n) is 1.87. The van der Waals surface area contributed by atoms with Gasteiger partial charge in [0, 0.05) is 18.0 Å². The molecule has 0 spiro atoms. The van der Waals surface area contributed by atoms with E-state index in [1.807, 2.05) is 41.9 Å². The number of hydrogen-bond acceptors (Lipinski definition) is 4. The van der Waals surface area contributed by atoms with Crippen LogP contribution in [0.4, 0.5) is 5.95 Å². The highest BCUT2D eigenvalue weighted by Gasteiger charge is 2.11. The molecule has 5 nitrogen and oxygen atoms in total. The summed E-state index contributed by atoms with van der Waals surface area (Å²) in [6, 6.07) is 7.77. The van der Waals surface area contributed by atoms with Gasteiger partial charge in [-0.3, -0.25) is 0 Å². The molecule has 0 atom stereocenters. The van der Waals surface area contributed by atoms with Crippen molar-refractivity contribution >= 4 is 11.5 Å². The summed E-state index contributed by atoms with van der Waals surface area (Å²) in [7, 11) is 0. The molecule has 3 aromatic rings. The topological polar surface area (TPSA) is 69.1 Å². The highest BCUT2D eigenvalue weighted by atomic mass is 15.2. The van der Waals surface area contributed by atoms with Crippen molar-refractivity contribution in [3.05, 3.63) is 42.2 Å². The van der Waals surface area contributed by atoms with Gasteiger partial charge in [0.05, 0.1) is 11.2 Å². The van der Waals surface area contributed by atoms with E-state index in [1.165, 1.54) is 0 Å². The van der Waals surface area contributed by atoms with E-state index in [2.05, 4.69) is 15.1 Å². The summed E-state index contributed by atoms with van der Waals surface area (Å²) >= 11 is 0. The van der Waals surface area contributed by atoms with Gasteiger partial charge in [-0.1, -0.05) is 6.07 Å². The predicted octanol–water partition coefficient (Wildman–Crippen LogP) is 1.68. The summed E-state index contributed by atoms with van der Waals surface area (Å²) in [6.07, 6.45) is 3.55. The lowest BCUT2D eigenvalue weighted by molar-refractivity contribution is 0.961. The zero-order valence-corrected chi connectivity index (χ0v) is 9.33. The number of aryl methyl sites for hydroxylation is 1. The van der Waals surface area contributed by atoms with Gasteiger partial charge < -0.3 is 5.73 Å². The number of nitrogens with two attached hydrogens (primary N) is 1. The smallest absolute Gasteiger partial charge is 0.220 e. The Morgan fingerprint density at radius 1 is 1.24 bits per heavy atom. The van der Waals surface area contributed by atoms with Gasteiger partial charge in [-0.05, 0) is 25.1 Å². The third-order valence-electron chi connectivity index (χ3n) is 2.70. The molecule has 0 radical (unpaired) electrons. The quantitative estimate of drug-likeness (QED) is 0.684. The first-order valence-electron chi connectivity index (χ1n) is 5.28. The monoisotopic (exact) mass is 225 g/mol. The molecule has 0 saturated heterocycles. The van der Waals surface area contributed by atoms with Gasteiger partial charge in [0.15, 0.2) is 0 Å².